The van der Waals surface area contributed by atoms with Crippen LogP contribution in [0.15, 0.2) is 24.3 Å². The number of carbonyl (C=O) groups is 1. The molecular weight excluding hydrogens is 188 g/mol. The van der Waals surface area contributed by atoms with E-state index in [1.54, 1.807) is 6.92 Å². The van der Waals surface area contributed by atoms with Crippen molar-refractivity contribution in [1.29, 1.82) is 0 Å². The number of benzene rings is 1. The summed E-state index contributed by atoms with van der Waals surface area (Å²) in [6.07, 6.45) is 0.589. The predicted molar refractivity (Wildman–Crippen MR) is 61.1 cm³/mol. The number of Topliss-reactive ketones (excluding diaryl/α,β-unsaturated/α-hetero) is 1. The van der Waals surface area contributed by atoms with E-state index in [9.17, 15) is 4.79 Å². The zero-order valence-corrected chi connectivity index (χ0v) is 9.62. The summed E-state index contributed by atoms with van der Waals surface area (Å²) in [5.41, 5.74) is 1.22. The molecule has 2 nitrogen and oxygen atoms in total. The van der Waals surface area contributed by atoms with Crippen molar-refractivity contribution in [2.75, 3.05) is 6.61 Å². The summed E-state index contributed by atoms with van der Waals surface area (Å²) >= 11 is 0. The van der Waals surface area contributed by atoms with Crippen LogP contribution in [-0.4, -0.2) is 12.4 Å². The van der Waals surface area contributed by atoms with Gasteiger partial charge < -0.3 is 9.53 Å². The first-order chi connectivity index (χ1) is 7.08. The Bertz CT molecular complexity index is 314. The maximum absolute atomic E-state index is 10.9. The van der Waals surface area contributed by atoms with Crippen molar-refractivity contribution in [3.05, 3.63) is 29.8 Å². The Morgan fingerprint density at radius 3 is 2.47 bits per heavy atom. The van der Waals surface area contributed by atoms with Gasteiger partial charge in [0.1, 0.15) is 11.5 Å². The van der Waals surface area contributed by atoms with Crippen molar-refractivity contribution in [1.82, 2.24) is 0 Å². The quantitative estimate of drug-likeness (QED) is 0.740. The van der Waals surface area contributed by atoms with Gasteiger partial charge in [-0.3, -0.25) is 0 Å². The molecule has 1 aromatic carbocycles. The van der Waals surface area contributed by atoms with Crippen molar-refractivity contribution in [3.8, 4) is 5.75 Å². The molecule has 0 bridgehead atoms. The minimum absolute atomic E-state index is 0.218. The topological polar surface area (TPSA) is 26.3 Å². The maximum Gasteiger partial charge on any atom is 0.130 e. The molecule has 1 aromatic rings. The highest BCUT2D eigenvalue weighted by Gasteiger charge is 2.05. The molecule has 0 heterocycles. The van der Waals surface area contributed by atoms with Crippen LogP contribution in [0.25, 0.3) is 0 Å². The van der Waals surface area contributed by atoms with Gasteiger partial charge in [-0.2, -0.15) is 0 Å². The van der Waals surface area contributed by atoms with E-state index in [1.807, 2.05) is 38.1 Å². The van der Waals surface area contributed by atoms with Gasteiger partial charge in [-0.15, -0.1) is 0 Å². The van der Waals surface area contributed by atoms with Gasteiger partial charge in [0.25, 0.3) is 0 Å². The number of rotatable bonds is 5. The molecule has 0 saturated carbocycles. The van der Waals surface area contributed by atoms with Crippen LogP contribution in [0.1, 0.15) is 25.8 Å². The molecule has 2 heteroatoms. The fourth-order valence-electron chi connectivity index (χ4n) is 1.42. The van der Waals surface area contributed by atoms with Crippen LogP contribution in [0, 0.1) is 12.8 Å². The molecule has 0 saturated heterocycles. The molecule has 82 valence electrons. The number of ketones is 1. The third kappa shape index (κ3) is 4.63. The summed E-state index contributed by atoms with van der Waals surface area (Å²) in [6, 6.07) is 7.95. The number of hydrogen-bond donors (Lipinski definition) is 0. The number of ether oxygens (including phenoxy) is 1. The van der Waals surface area contributed by atoms with Crippen LogP contribution in [-0.2, 0) is 4.79 Å². The molecular formula is C13H18O2. The molecule has 0 amide bonds. The first-order valence-corrected chi connectivity index (χ1v) is 5.27. The van der Waals surface area contributed by atoms with Crippen LogP contribution < -0.4 is 4.74 Å². The van der Waals surface area contributed by atoms with Crippen LogP contribution in [0.3, 0.4) is 0 Å². The molecule has 0 radical (unpaired) electrons. The molecule has 0 aromatic heterocycles. The van der Waals surface area contributed by atoms with E-state index < -0.39 is 0 Å². The average molecular weight is 206 g/mol. The molecule has 0 aliphatic carbocycles. The Balaban J connectivity index is 2.36. The van der Waals surface area contributed by atoms with E-state index in [2.05, 4.69) is 0 Å². The Morgan fingerprint density at radius 1 is 1.33 bits per heavy atom. The monoisotopic (exact) mass is 206 g/mol. The SMILES string of the molecule is CC(=O)C[C@H](C)COc1ccc(C)cc1. The van der Waals surface area contributed by atoms with E-state index in [-0.39, 0.29) is 11.7 Å². The second kappa shape index (κ2) is 5.54. The molecule has 0 aliphatic heterocycles. The second-order valence-electron chi connectivity index (χ2n) is 4.14. The van der Waals surface area contributed by atoms with Crippen molar-refractivity contribution in [2.24, 2.45) is 5.92 Å². The van der Waals surface area contributed by atoms with Gasteiger partial charge >= 0.3 is 0 Å². The minimum Gasteiger partial charge on any atom is -0.493 e. The highest BCUT2D eigenvalue weighted by Crippen LogP contribution is 2.13. The van der Waals surface area contributed by atoms with E-state index in [4.69, 9.17) is 4.74 Å². The largest absolute Gasteiger partial charge is 0.493 e. The standard InChI is InChI=1S/C13H18O2/c1-10-4-6-13(7-5-10)15-9-11(2)8-12(3)14/h4-7,11H,8-9H2,1-3H3/t11-/m0/s1. The zero-order valence-electron chi connectivity index (χ0n) is 9.62. The number of carbonyl (C=O) groups excluding carboxylic acids is 1. The Hall–Kier alpha value is -1.31. The predicted octanol–water partition coefficient (Wildman–Crippen LogP) is 2.99. The van der Waals surface area contributed by atoms with Crippen molar-refractivity contribution in [2.45, 2.75) is 27.2 Å². The average Bonchev–Trinajstić information content (AvgIpc) is 2.16. The zero-order chi connectivity index (χ0) is 11.3. The lowest BCUT2D eigenvalue weighted by atomic mass is 10.1. The summed E-state index contributed by atoms with van der Waals surface area (Å²) in [5, 5.41) is 0. The van der Waals surface area contributed by atoms with E-state index in [0.717, 1.165) is 5.75 Å². The van der Waals surface area contributed by atoms with Crippen LogP contribution in [0.5, 0.6) is 5.75 Å². The van der Waals surface area contributed by atoms with Crippen LogP contribution >= 0.6 is 0 Å². The van der Waals surface area contributed by atoms with Crippen LogP contribution in [0.2, 0.25) is 0 Å². The Morgan fingerprint density at radius 2 is 1.93 bits per heavy atom. The lowest BCUT2D eigenvalue weighted by Gasteiger charge is -2.11. The third-order valence-electron chi connectivity index (χ3n) is 2.19. The van der Waals surface area contributed by atoms with Gasteiger partial charge in [0, 0.05) is 6.42 Å². The lowest BCUT2D eigenvalue weighted by Crippen LogP contribution is -2.11. The van der Waals surface area contributed by atoms with Gasteiger partial charge in [0.05, 0.1) is 6.61 Å². The summed E-state index contributed by atoms with van der Waals surface area (Å²) < 4.78 is 5.57. The first kappa shape index (κ1) is 11.8. The molecule has 15 heavy (non-hydrogen) atoms. The van der Waals surface area contributed by atoms with Gasteiger partial charge in [-0.1, -0.05) is 24.6 Å². The van der Waals surface area contributed by atoms with Crippen LogP contribution in [0.4, 0.5) is 0 Å². The minimum atomic E-state index is 0.218. The van der Waals surface area contributed by atoms with E-state index in [0.29, 0.717) is 13.0 Å². The summed E-state index contributed by atoms with van der Waals surface area (Å²) in [7, 11) is 0. The van der Waals surface area contributed by atoms with Crippen molar-refractivity contribution >= 4 is 5.78 Å². The summed E-state index contributed by atoms with van der Waals surface area (Å²) in [4.78, 5) is 10.9. The fraction of sp³-hybridized carbons (Fsp3) is 0.462. The highest BCUT2D eigenvalue weighted by molar-refractivity contribution is 5.75. The van der Waals surface area contributed by atoms with E-state index >= 15 is 0 Å². The molecule has 0 fully saturated rings. The Labute approximate surface area is 91.3 Å². The molecule has 0 N–H and O–H groups in total. The summed E-state index contributed by atoms with van der Waals surface area (Å²) in [5.74, 6) is 1.37. The van der Waals surface area contributed by atoms with Gasteiger partial charge in [0.15, 0.2) is 0 Å². The third-order valence-corrected chi connectivity index (χ3v) is 2.19. The van der Waals surface area contributed by atoms with Crippen molar-refractivity contribution < 1.29 is 9.53 Å². The highest BCUT2D eigenvalue weighted by atomic mass is 16.5. The number of hydrogen-bond acceptors (Lipinski definition) is 2. The molecule has 0 spiro atoms. The fourth-order valence-corrected chi connectivity index (χ4v) is 1.42. The smallest absolute Gasteiger partial charge is 0.130 e. The second-order valence-corrected chi connectivity index (χ2v) is 4.14. The van der Waals surface area contributed by atoms with Gasteiger partial charge in [0.2, 0.25) is 0 Å². The maximum atomic E-state index is 10.9. The van der Waals surface area contributed by atoms with Crippen molar-refractivity contribution in [3.63, 3.8) is 0 Å². The Kier molecular flexibility index (Phi) is 4.35. The summed E-state index contributed by atoms with van der Waals surface area (Å²) in [6.45, 7) is 6.28. The van der Waals surface area contributed by atoms with Gasteiger partial charge in [-0.25, -0.2) is 0 Å². The molecule has 1 rings (SSSR count). The lowest BCUT2D eigenvalue weighted by molar-refractivity contribution is -0.118. The molecule has 1 atom stereocenters. The normalized spacial score (nSPS) is 12.2. The first-order valence-electron chi connectivity index (χ1n) is 5.27. The molecule has 0 aliphatic rings. The number of aryl methyl sites for hydroxylation is 1. The van der Waals surface area contributed by atoms with E-state index in [1.165, 1.54) is 5.56 Å². The molecule has 0 unspecified atom stereocenters. The van der Waals surface area contributed by atoms with Gasteiger partial charge in [-0.05, 0) is 31.9 Å².